The topological polar surface area (TPSA) is 85.2 Å². The first-order valence-corrected chi connectivity index (χ1v) is 7.45. The molecule has 1 heterocycles. The second kappa shape index (κ2) is 9.71. The number of halogens is 1. The second-order valence-corrected chi connectivity index (χ2v) is 4.89. The first kappa shape index (κ1) is 18.0. The van der Waals surface area contributed by atoms with Gasteiger partial charge >= 0.3 is 0 Å². The molecule has 0 unspecified atom stereocenters. The predicted octanol–water partition coefficient (Wildman–Crippen LogP) is 2.82. The van der Waals surface area contributed by atoms with Crippen LogP contribution in [-0.2, 0) is 11.3 Å². The summed E-state index contributed by atoms with van der Waals surface area (Å²) in [6.45, 7) is 3.47. The lowest BCUT2D eigenvalue weighted by molar-refractivity contribution is 0.381. The molecule has 0 radical (unpaired) electrons. The molecule has 0 aliphatic heterocycles. The largest absolute Gasteiger partial charge is 0.475 e. The fraction of sp³-hybridized carbons (Fsp3) is 0.111. The van der Waals surface area contributed by atoms with Crippen molar-refractivity contribution >= 4 is 24.5 Å². The Morgan fingerprint density at radius 3 is 2.76 bits per heavy atom. The number of aromatic nitrogens is 1. The number of hydrogen-bond donors (Lipinski definition) is 1. The molecular formula is C18H18FN5O. The number of rotatable bonds is 8. The van der Waals surface area contributed by atoms with E-state index in [0.29, 0.717) is 22.7 Å². The van der Waals surface area contributed by atoms with Gasteiger partial charge in [-0.2, -0.15) is 5.10 Å². The van der Waals surface area contributed by atoms with E-state index in [0.717, 1.165) is 6.40 Å². The maximum absolute atomic E-state index is 13.7. The predicted molar refractivity (Wildman–Crippen MR) is 97.9 cm³/mol. The summed E-state index contributed by atoms with van der Waals surface area (Å²) in [6, 6.07) is 11.9. The van der Waals surface area contributed by atoms with Crippen LogP contribution in [0.15, 0.2) is 69.9 Å². The molecule has 0 amide bonds. The van der Waals surface area contributed by atoms with E-state index in [9.17, 15) is 4.39 Å². The Balaban J connectivity index is 2.19. The zero-order valence-corrected chi connectivity index (χ0v) is 13.5. The Labute approximate surface area is 145 Å². The molecule has 0 aliphatic rings. The van der Waals surface area contributed by atoms with Crippen molar-refractivity contribution in [2.45, 2.75) is 6.54 Å². The Kier molecular flexibility index (Phi) is 6.99. The van der Waals surface area contributed by atoms with Crippen LogP contribution in [0, 0.1) is 5.82 Å². The minimum Gasteiger partial charge on any atom is -0.475 e. The molecule has 1 aromatic heterocycles. The average molecular weight is 339 g/mol. The number of nitrogens with zero attached hydrogens (tertiary/aromatic N) is 4. The molecular weight excluding hydrogens is 321 g/mol. The molecule has 25 heavy (non-hydrogen) atoms. The van der Waals surface area contributed by atoms with Crippen molar-refractivity contribution in [2.75, 3.05) is 6.61 Å². The van der Waals surface area contributed by atoms with Crippen LogP contribution in [0.2, 0.25) is 0 Å². The van der Waals surface area contributed by atoms with Crippen molar-refractivity contribution in [3.8, 4) is 0 Å². The lowest BCUT2D eigenvalue weighted by atomic mass is 10.2. The van der Waals surface area contributed by atoms with E-state index < -0.39 is 0 Å². The van der Waals surface area contributed by atoms with Crippen molar-refractivity contribution in [2.24, 2.45) is 20.9 Å². The smallest absolute Gasteiger partial charge is 0.195 e. The molecule has 0 spiro atoms. The van der Waals surface area contributed by atoms with Crippen LogP contribution < -0.4 is 5.73 Å². The van der Waals surface area contributed by atoms with Crippen molar-refractivity contribution in [3.63, 3.8) is 0 Å². The van der Waals surface area contributed by atoms with Gasteiger partial charge in [-0.05, 0) is 24.3 Å². The van der Waals surface area contributed by atoms with Gasteiger partial charge in [0.05, 0.1) is 23.6 Å². The maximum Gasteiger partial charge on any atom is 0.195 e. The summed E-state index contributed by atoms with van der Waals surface area (Å²) in [6.07, 6.45) is 4.43. The number of hydrogen-bond acceptors (Lipinski definition) is 6. The molecule has 7 heteroatoms. The van der Waals surface area contributed by atoms with E-state index >= 15 is 0 Å². The third-order valence-corrected chi connectivity index (χ3v) is 3.13. The number of aliphatic imine (C=N–C) groups is 1. The highest BCUT2D eigenvalue weighted by molar-refractivity contribution is 6.01. The van der Waals surface area contributed by atoms with E-state index in [-0.39, 0.29) is 19.0 Å². The van der Waals surface area contributed by atoms with Crippen molar-refractivity contribution < 1.29 is 9.13 Å². The van der Waals surface area contributed by atoms with Crippen LogP contribution in [0.3, 0.4) is 0 Å². The molecule has 6 nitrogen and oxygen atoms in total. The van der Waals surface area contributed by atoms with Crippen LogP contribution >= 0.6 is 0 Å². The van der Waals surface area contributed by atoms with Gasteiger partial charge < -0.3 is 10.5 Å². The maximum atomic E-state index is 13.7. The monoisotopic (exact) mass is 339 g/mol. The zero-order valence-electron chi connectivity index (χ0n) is 13.5. The summed E-state index contributed by atoms with van der Waals surface area (Å²) in [4.78, 5) is 8.55. The van der Waals surface area contributed by atoms with Gasteiger partial charge in [-0.1, -0.05) is 24.3 Å². The lowest BCUT2D eigenvalue weighted by Crippen LogP contribution is -2.10. The van der Waals surface area contributed by atoms with Crippen molar-refractivity contribution in [3.05, 3.63) is 71.8 Å². The third-order valence-electron chi connectivity index (χ3n) is 3.13. The van der Waals surface area contributed by atoms with Crippen LogP contribution in [0.1, 0.15) is 11.3 Å². The summed E-state index contributed by atoms with van der Waals surface area (Å²) in [7, 11) is 0. The minimum absolute atomic E-state index is 0.0982. The zero-order chi connectivity index (χ0) is 17.9. The molecule has 0 saturated heterocycles. The molecule has 2 aromatic rings. The Bertz CT molecular complexity index is 787. The van der Waals surface area contributed by atoms with E-state index in [1.54, 1.807) is 42.6 Å². The normalized spacial score (nSPS) is 12.4. The standard InChI is InChI=1S/C18H18FN5O/c1-21-24-13-25-12-15(10-17(20)18-8-4-5-9-22-18)23-11-14-6-2-3-7-16(14)19/h2-10,13H,1,11-12,20H2/b17-10?,23-15?,24-13-. The fourth-order valence-corrected chi connectivity index (χ4v) is 1.92. The van der Waals surface area contributed by atoms with Crippen molar-refractivity contribution in [1.29, 1.82) is 0 Å². The lowest BCUT2D eigenvalue weighted by Gasteiger charge is -2.05. The van der Waals surface area contributed by atoms with E-state index in [4.69, 9.17) is 10.5 Å². The molecule has 2 rings (SSSR count). The Morgan fingerprint density at radius 1 is 1.24 bits per heavy atom. The molecule has 0 atom stereocenters. The van der Waals surface area contributed by atoms with E-state index in [1.807, 2.05) is 6.07 Å². The molecule has 1 aromatic carbocycles. The molecule has 2 N–H and O–H groups in total. The Hall–Kier alpha value is -3.35. The highest BCUT2D eigenvalue weighted by atomic mass is 19.1. The quantitative estimate of drug-likeness (QED) is 0.456. The van der Waals surface area contributed by atoms with Crippen LogP contribution in [0.25, 0.3) is 5.70 Å². The van der Waals surface area contributed by atoms with E-state index in [2.05, 4.69) is 26.9 Å². The molecule has 0 aliphatic carbocycles. The number of benzene rings is 1. The first-order valence-electron chi connectivity index (χ1n) is 7.45. The number of nitrogens with two attached hydrogens (primary N) is 1. The summed E-state index contributed by atoms with van der Waals surface area (Å²) in [5.74, 6) is -0.314. The van der Waals surface area contributed by atoms with Gasteiger partial charge in [0.15, 0.2) is 6.40 Å². The number of ether oxygens (including phenoxy) is 1. The second-order valence-electron chi connectivity index (χ2n) is 4.89. The fourth-order valence-electron chi connectivity index (χ4n) is 1.92. The first-order chi connectivity index (χ1) is 12.2. The van der Waals surface area contributed by atoms with E-state index in [1.165, 1.54) is 6.07 Å². The average Bonchev–Trinajstić information content (AvgIpc) is 2.64. The number of pyridine rings is 1. The highest BCUT2D eigenvalue weighted by Crippen LogP contribution is 2.09. The van der Waals surface area contributed by atoms with Gasteiger partial charge in [0.2, 0.25) is 0 Å². The summed E-state index contributed by atoms with van der Waals surface area (Å²) >= 11 is 0. The van der Waals surface area contributed by atoms with Gasteiger partial charge in [-0.15, -0.1) is 5.10 Å². The molecule has 0 fully saturated rings. The van der Waals surface area contributed by atoms with Crippen molar-refractivity contribution in [1.82, 2.24) is 4.98 Å². The molecule has 0 bridgehead atoms. The minimum atomic E-state index is -0.314. The van der Waals surface area contributed by atoms with Crippen LogP contribution in [-0.4, -0.2) is 30.4 Å². The Morgan fingerprint density at radius 2 is 2.04 bits per heavy atom. The SMILES string of the molecule is C=N/N=C\OCC(C=C(N)c1ccccn1)=NCc1ccccc1F. The highest BCUT2D eigenvalue weighted by Gasteiger charge is 2.04. The van der Waals surface area contributed by atoms with Gasteiger partial charge in [-0.25, -0.2) is 4.39 Å². The van der Waals surface area contributed by atoms with Crippen LogP contribution in [0.4, 0.5) is 4.39 Å². The van der Waals surface area contributed by atoms with Gasteiger partial charge in [-0.3, -0.25) is 9.98 Å². The third kappa shape index (κ3) is 5.98. The van der Waals surface area contributed by atoms with Crippen LogP contribution in [0.5, 0.6) is 0 Å². The molecule has 128 valence electrons. The summed E-state index contributed by atoms with van der Waals surface area (Å²) in [5.41, 5.74) is 8.08. The van der Waals surface area contributed by atoms with Gasteiger partial charge in [0.25, 0.3) is 0 Å². The summed E-state index contributed by atoms with van der Waals surface area (Å²) < 4.78 is 18.9. The van der Waals surface area contributed by atoms with Gasteiger partial charge in [0, 0.05) is 18.5 Å². The summed E-state index contributed by atoms with van der Waals surface area (Å²) in [5, 5.41) is 6.80. The van der Waals surface area contributed by atoms with Gasteiger partial charge in [0.1, 0.15) is 12.4 Å². The molecule has 0 saturated carbocycles.